The minimum atomic E-state index is 0.483. The third-order valence-electron chi connectivity index (χ3n) is 1.63. The van der Waals surface area contributed by atoms with Crippen LogP contribution in [0.3, 0.4) is 0 Å². The van der Waals surface area contributed by atoms with E-state index in [1.54, 1.807) is 12.1 Å². The number of benzene rings is 1. The van der Waals surface area contributed by atoms with Gasteiger partial charge in [0, 0.05) is 17.3 Å². The van der Waals surface area contributed by atoms with Crippen LogP contribution in [0.1, 0.15) is 5.69 Å². The highest BCUT2D eigenvalue weighted by Gasteiger charge is 1.98. The lowest BCUT2D eigenvalue weighted by molar-refractivity contribution is 1.19. The van der Waals surface area contributed by atoms with E-state index < -0.39 is 0 Å². The third kappa shape index (κ3) is 1.14. The van der Waals surface area contributed by atoms with Gasteiger partial charge in [-0.3, -0.25) is 0 Å². The van der Waals surface area contributed by atoms with Gasteiger partial charge in [-0.2, -0.15) is 0 Å². The van der Waals surface area contributed by atoms with Crippen molar-refractivity contribution in [1.29, 1.82) is 0 Å². The second kappa shape index (κ2) is 2.72. The number of aromatic nitrogens is 2. The van der Waals surface area contributed by atoms with E-state index in [9.17, 15) is 0 Å². The molecule has 0 atom stereocenters. The van der Waals surface area contributed by atoms with Gasteiger partial charge in [0.1, 0.15) is 6.33 Å². The average Bonchev–Trinajstić information content (AvgIpc) is 2.04. The number of halogens is 1. The molecule has 0 spiro atoms. The average molecular weight is 177 g/mol. The van der Waals surface area contributed by atoms with Crippen molar-refractivity contribution >= 4 is 22.5 Å². The molecule has 0 N–H and O–H groups in total. The Balaban J connectivity index is 2.86. The summed E-state index contributed by atoms with van der Waals surface area (Å²) < 4.78 is 0. The number of nitrogens with zero attached hydrogens (tertiary/aromatic N) is 2. The molecular weight excluding hydrogens is 172 g/mol. The first kappa shape index (κ1) is 7.50. The molecular formula is C9H5ClN2. The SMILES string of the molecule is [CH]c1ncnc2cc(Cl)ccc12. The van der Waals surface area contributed by atoms with Crippen molar-refractivity contribution in [2.45, 2.75) is 0 Å². The minimum absolute atomic E-state index is 0.483. The Hall–Kier alpha value is -1.15. The van der Waals surface area contributed by atoms with Crippen molar-refractivity contribution in [3.05, 3.63) is 42.2 Å². The Bertz CT molecular complexity index is 426. The Morgan fingerprint density at radius 3 is 2.92 bits per heavy atom. The lowest BCUT2D eigenvalue weighted by Crippen LogP contribution is -1.86. The molecule has 0 unspecified atom stereocenters. The van der Waals surface area contributed by atoms with Crippen LogP contribution < -0.4 is 0 Å². The molecule has 2 rings (SSSR count). The quantitative estimate of drug-likeness (QED) is 0.616. The fourth-order valence-corrected chi connectivity index (χ4v) is 1.22. The molecule has 12 heavy (non-hydrogen) atoms. The summed E-state index contributed by atoms with van der Waals surface area (Å²) in [4.78, 5) is 7.89. The van der Waals surface area contributed by atoms with E-state index in [1.165, 1.54) is 6.33 Å². The molecule has 1 aromatic carbocycles. The van der Waals surface area contributed by atoms with Gasteiger partial charge in [-0.05, 0) is 18.2 Å². The Morgan fingerprint density at radius 2 is 2.08 bits per heavy atom. The van der Waals surface area contributed by atoms with Gasteiger partial charge < -0.3 is 0 Å². The van der Waals surface area contributed by atoms with Crippen LogP contribution in [0.4, 0.5) is 0 Å². The van der Waals surface area contributed by atoms with Crippen LogP contribution in [-0.4, -0.2) is 9.97 Å². The van der Waals surface area contributed by atoms with Gasteiger partial charge in [0.25, 0.3) is 0 Å². The molecule has 2 nitrogen and oxygen atoms in total. The molecule has 0 aliphatic heterocycles. The van der Waals surface area contributed by atoms with E-state index >= 15 is 0 Å². The summed E-state index contributed by atoms with van der Waals surface area (Å²) in [6.07, 6.45) is 1.42. The van der Waals surface area contributed by atoms with Crippen LogP contribution in [0, 0.1) is 6.92 Å². The lowest BCUT2D eigenvalue weighted by atomic mass is 10.2. The van der Waals surface area contributed by atoms with E-state index in [4.69, 9.17) is 18.5 Å². The Morgan fingerprint density at radius 1 is 1.25 bits per heavy atom. The molecule has 2 aromatic rings. The van der Waals surface area contributed by atoms with Gasteiger partial charge >= 0.3 is 0 Å². The van der Waals surface area contributed by atoms with Crippen LogP contribution >= 0.6 is 11.6 Å². The molecule has 2 radical (unpaired) electrons. The van der Waals surface area contributed by atoms with Crippen molar-refractivity contribution in [3.8, 4) is 0 Å². The molecule has 0 saturated heterocycles. The van der Waals surface area contributed by atoms with Crippen LogP contribution in [0.5, 0.6) is 0 Å². The first-order valence-corrected chi connectivity index (χ1v) is 3.81. The van der Waals surface area contributed by atoms with E-state index in [0.29, 0.717) is 10.7 Å². The molecule has 0 aliphatic carbocycles. The van der Waals surface area contributed by atoms with Crippen LogP contribution in [0.25, 0.3) is 10.9 Å². The highest BCUT2D eigenvalue weighted by molar-refractivity contribution is 6.31. The van der Waals surface area contributed by atoms with Crippen molar-refractivity contribution in [2.75, 3.05) is 0 Å². The molecule has 58 valence electrons. The largest absolute Gasteiger partial charge is 0.240 e. The first-order chi connectivity index (χ1) is 5.77. The molecule has 0 fully saturated rings. The van der Waals surface area contributed by atoms with Gasteiger partial charge in [0.2, 0.25) is 0 Å². The highest BCUT2D eigenvalue weighted by atomic mass is 35.5. The van der Waals surface area contributed by atoms with Gasteiger partial charge in [-0.1, -0.05) is 11.6 Å². The van der Waals surface area contributed by atoms with Crippen molar-refractivity contribution in [1.82, 2.24) is 9.97 Å². The van der Waals surface area contributed by atoms with E-state index in [-0.39, 0.29) is 0 Å². The highest BCUT2D eigenvalue weighted by Crippen LogP contribution is 2.18. The molecule has 0 amide bonds. The normalized spacial score (nSPS) is 10.5. The van der Waals surface area contributed by atoms with E-state index in [0.717, 1.165) is 10.9 Å². The molecule has 1 heterocycles. The van der Waals surface area contributed by atoms with E-state index in [1.807, 2.05) is 6.07 Å². The second-order valence-corrected chi connectivity index (χ2v) is 2.86. The summed E-state index contributed by atoms with van der Waals surface area (Å²) in [7, 11) is 0. The Labute approximate surface area is 75.2 Å². The Kier molecular flexibility index (Phi) is 1.70. The number of hydrogen-bond acceptors (Lipinski definition) is 2. The molecule has 3 heteroatoms. The zero-order valence-corrected chi connectivity index (χ0v) is 6.92. The topological polar surface area (TPSA) is 25.8 Å². The van der Waals surface area contributed by atoms with E-state index in [2.05, 4.69) is 9.97 Å². The molecule has 0 bridgehead atoms. The van der Waals surface area contributed by atoms with Gasteiger partial charge in [-0.25, -0.2) is 9.97 Å². The summed E-state index contributed by atoms with van der Waals surface area (Å²) in [5.74, 6) is 0. The maximum atomic E-state index is 5.77. The van der Waals surface area contributed by atoms with Gasteiger partial charge in [0.05, 0.1) is 11.2 Å². The maximum absolute atomic E-state index is 5.77. The van der Waals surface area contributed by atoms with Gasteiger partial charge in [-0.15, -0.1) is 0 Å². The zero-order chi connectivity index (χ0) is 8.55. The predicted octanol–water partition coefficient (Wildman–Crippen LogP) is 2.34. The lowest BCUT2D eigenvalue weighted by Gasteiger charge is -1.98. The monoisotopic (exact) mass is 176 g/mol. The minimum Gasteiger partial charge on any atom is -0.240 e. The summed E-state index contributed by atoms with van der Waals surface area (Å²) >= 11 is 5.77. The molecule has 1 aromatic heterocycles. The second-order valence-electron chi connectivity index (χ2n) is 2.42. The standard InChI is InChI=1S/C9H5ClN2/c1-6-8-3-2-7(10)4-9(8)12-5-11-6/h1-5H. The number of rotatable bonds is 0. The summed E-state index contributed by atoms with van der Waals surface area (Å²) in [6, 6.07) is 5.34. The van der Waals surface area contributed by atoms with Crippen LogP contribution in [-0.2, 0) is 0 Å². The fraction of sp³-hybridized carbons (Fsp3) is 0. The summed E-state index contributed by atoms with van der Waals surface area (Å²) in [5.41, 5.74) is 1.26. The van der Waals surface area contributed by atoms with Crippen molar-refractivity contribution in [3.63, 3.8) is 0 Å². The molecule has 0 aliphatic rings. The maximum Gasteiger partial charge on any atom is 0.116 e. The van der Waals surface area contributed by atoms with Crippen LogP contribution in [0.2, 0.25) is 5.02 Å². The predicted molar refractivity (Wildman–Crippen MR) is 48.0 cm³/mol. The zero-order valence-electron chi connectivity index (χ0n) is 6.16. The van der Waals surface area contributed by atoms with Crippen molar-refractivity contribution in [2.24, 2.45) is 0 Å². The smallest absolute Gasteiger partial charge is 0.116 e. The number of fused-ring (bicyclic) bond motifs is 1. The van der Waals surface area contributed by atoms with Gasteiger partial charge in [0.15, 0.2) is 0 Å². The summed E-state index contributed by atoms with van der Waals surface area (Å²) in [6.45, 7) is 5.61. The third-order valence-corrected chi connectivity index (χ3v) is 1.86. The fourth-order valence-electron chi connectivity index (χ4n) is 1.05. The van der Waals surface area contributed by atoms with Crippen LogP contribution in [0.15, 0.2) is 24.5 Å². The number of hydrogen-bond donors (Lipinski definition) is 0. The summed E-state index contributed by atoms with van der Waals surface area (Å²) in [5, 5.41) is 1.49. The first-order valence-electron chi connectivity index (χ1n) is 3.43. The van der Waals surface area contributed by atoms with Crippen molar-refractivity contribution < 1.29 is 0 Å². The molecule has 0 saturated carbocycles.